The standard InChI is InChI=1S/C21H25F3N4O3/c22-21(23,24)15-31-19-18(5-2-6-25-19)13-27-20(29)26-12-16-3-1-4-17(11-16)14-28-7-9-30-10-8-28/h1-6,11H,7-10,12-15H2,(H2,26,27,29). The Kier molecular flexibility index (Phi) is 8.07. The molecule has 2 amide bonds. The summed E-state index contributed by atoms with van der Waals surface area (Å²) in [6.45, 7) is 2.97. The number of halogens is 3. The zero-order valence-electron chi connectivity index (χ0n) is 17.0. The van der Waals surface area contributed by atoms with Crippen molar-refractivity contribution in [3.63, 3.8) is 0 Å². The van der Waals surface area contributed by atoms with Crippen molar-refractivity contribution in [3.8, 4) is 5.88 Å². The van der Waals surface area contributed by atoms with Gasteiger partial charge in [0.15, 0.2) is 6.61 Å². The second kappa shape index (κ2) is 11.0. The number of morpholine rings is 1. The number of hydrogen-bond donors (Lipinski definition) is 2. The number of rotatable bonds is 8. The first-order chi connectivity index (χ1) is 14.9. The summed E-state index contributed by atoms with van der Waals surface area (Å²) >= 11 is 0. The van der Waals surface area contributed by atoms with Crippen molar-refractivity contribution < 1.29 is 27.4 Å². The zero-order valence-corrected chi connectivity index (χ0v) is 17.0. The Morgan fingerprint density at radius 1 is 1.10 bits per heavy atom. The van der Waals surface area contributed by atoms with Gasteiger partial charge in [0.2, 0.25) is 5.88 Å². The molecular weight excluding hydrogens is 413 g/mol. The molecule has 1 aliphatic heterocycles. The van der Waals surface area contributed by atoms with Crippen LogP contribution in [0.25, 0.3) is 0 Å². The number of urea groups is 1. The molecule has 1 fully saturated rings. The molecule has 31 heavy (non-hydrogen) atoms. The molecule has 168 valence electrons. The first-order valence-corrected chi connectivity index (χ1v) is 9.92. The lowest BCUT2D eigenvalue weighted by atomic mass is 10.1. The predicted octanol–water partition coefficient (Wildman–Crippen LogP) is 2.85. The maximum Gasteiger partial charge on any atom is 0.422 e. The van der Waals surface area contributed by atoms with Gasteiger partial charge in [-0.25, -0.2) is 9.78 Å². The summed E-state index contributed by atoms with van der Waals surface area (Å²) in [6, 6.07) is 10.6. The van der Waals surface area contributed by atoms with Crippen molar-refractivity contribution in [3.05, 3.63) is 59.3 Å². The quantitative estimate of drug-likeness (QED) is 0.663. The third-order valence-corrected chi connectivity index (χ3v) is 4.62. The number of amides is 2. The minimum Gasteiger partial charge on any atom is -0.468 e. The van der Waals surface area contributed by atoms with Gasteiger partial charge in [-0.15, -0.1) is 0 Å². The van der Waals surface area contributed by atoms with Crippen molar-refractivity contribution >= 4 is 6.03 Å². The van der Waals surface area contributed by atoms with Gasteiger partial charge in [0.05, 0.1) is 13.2 Å². The predicted molar refractivity (Wildman–Crippen MR) is 107 cm³/mol. The summed E-state index contributed by atoms with van der Waals surface area (Å²) in [6.07, 6.45) is -3.13. The van der Waals surface area contributed by atoms with Crippen LogP contribution in [-0.4, -0.2) is 55.0 Å². The average molecular weight is 438 g/mol. The second-order valence-corrected chi connectivity index (χ2v) is 7.12. The number of pyridine rings is 1. The fraction of sp³-hybridized carbons (Fsp3) is 0.429. The van der Waals surface area contributed by atoms with Gasteiger partial charge >= 0.3 is 12.2 Å². The Hall–Kier alpha value is -2.85. The van der Waals surface area contributed by atoms with E-state index >= 15 is 0 Å². The van der Waals surface area contributed by atoms with E-state index in [1.807, 2.05) is 24.3 Å². The second-order valence-electron chi connectivity index (χ2n) is 7.12. The molecule has 1 aliphatic rings. The van der Waals surface area contributed by atoms with Crippen molar-refractivity contribution in [2.45, 2.75) is 25.8 Å². The molecular formula is C21H25F3N4O3. The SMILES string of the molecule is O=C(NCc1cccc(CN2CCOCC2)c1)NCc1cccnc1OCC(F)(F)F. The number of aromatic nitrogens is 1. The zero-order chi connectivity index (χ0) is 22.1. The maximum atomic E-state index is 12.4. The Bertz CT molecular complexity index is 858. The lowest BCUT2D eigenvalue weighted by Gasteiger charge is -2.26. The molecule has 0 aliphatic carbocycles. The number of nitrogens with zero attached hydrogens (tertiary/aromatic N) is 2. The number of carbonyl (C=O) groups is 1. The van der Waals surface area contributed by atoms with Crippen LogP contribution in [-0.2, 0) is 24.4 Å². The molecule has 1 saturated heterocycles. The van der Waals surface area contributed by atoms with E-state index in [4.69, 9.17) is 9.47 Å². The van der Waals surface area contributed by atoms with Crippen LogP contribution < -0.4 is 15.4 Å². The summed E-state index contributed by atoms with van der Waals surface area (Å²) in [5, 5.41) is 5.36. The Balaban J connectivity index is 1.46. The Morgan fingerprint density at radius 3 is 2.61 bits per heavy atom. The normalized spacial score (nSPS) is 14.8. The van der Waals surface area contributed by atoms with Crippen molar-refractivity contribution in [2.24, 2.45) is 0 Å². The number of ether oxygens (including phenoxy) is 2. The third kappa shape index (κ3) is 8.06. The number of nitrogens with one attached hydrogen (secondary N) is 2. The van der Waals surface area contributed by atoms with E-state index in [2.05, 4.69) is 20.5 Å². The highest BCUT2D eigenvalue weighted by Crippen LogP contribution is 2.19. The van der Waals surface area contributed by atoms with Gasteiger partial charge in [-0.3, -0.25) is 4.90 Å². The molecule has 1 aromatic carbocycles. The van der Waals surface area contributed by atoms with Gasteiger partial charge in [0, 0.05) is 44.5 Å². The summed E-state index contributed by atoms with van der Waals surface area (Å²) in [5.74, 6) is -0.157. The molecule has 10 heteroatoms. The summed E-state index contributed by atoms with van der Waals surface area (Å²) in [4.78, 5) is 18.3. The largest absolute Gasteiger partial charge is 0.468 e. The molecule has 2 heterocycles. The van der Waals surface area contributed by atoms with Gasteiger partial charge in [0.1, 0.15) is 0 Å². The highest BCUT2D eigenvalue weighted by Gasteiger charge is 2.29. The summed E-state index contributed by atoms with van der Waals surface area (Å²) in [5.41, 5.74) is 2.47. The van der Waals surface area contributed by atoms with E-state index in [0.717, 1.165) is 44.0 Å². The van der Waals surface area contributed by atoms with Crippen LogP contribution >= 0.6 is 0 Å². The van der Waals surface area contributed by atoms with E-state index in [-0.39, 0.29) is 12.4 Å². The minimum absolute atomic E-state index is 0.00999. The van der Waals surface area contributed by atoms with Crippen LogP contribution in [0.3, 0.4) is 0 Å². The molecule has 0 unspecified atom stereocenters. The monoisotopic (exact) mass is 438 g/mol. The number of benzene rings is 1. The molecule has 0 radical (unpaired) electrons. The lowest BCUT2D eigenvalue weighted by Crippen LogP contribution is -2.36. The van der Waals surface area contributed by atoms with Gasteiger partial charge < -0.3 is 20.1 Å². The van der Waals surface area contributed by atoms with Crippen LogP contribution in [0.2, 0.25) is 0 Å². The fourth-order valence-corrected chi connectivity index (χ4v) is 3.11. The van der Waals surface area contributed by atoms with Crippen LogP contribution in [0.15, 0.2) is 42.6 Å². The van der Waals surface area contributed by atoms with Gasteiger partial charge in [-0.2, -0.15) is 13.2 Å². The van der Waals surface area contributed by atoms with E-state index in [1.165, 1.54) is 6.20 Å². The number of alkyl halides is 3. The fourth-order valence-electron chi connectivity index (χ4n) is 3.11. The first kappa shape index (κ1) is 22.8. The molecule has 0 atom stereocenters. The summed E-state index contributed by atoms with van der Waals surface area (Å²) in [7, 11) is 0. The molecule has 0 bridgehead atoms. The first-order valence-electron chi connectivity index (χ1n) is 9.92. The maximum absolute atomic E-state index is 12.4. The molecule has 7 nitrogen and oxygen atoms in total. The van der Waals surface area contributed by atoms with Gasteiger partial charge in [0.25, 0.3) is 0 Å². The van der Waals surface area contributed by atoms with Crippen molar-refractivity contribution in [2.75, 3.05) is 32.9 Å². The van der Waals surface area contributed by atoms with Crippen molar-refractivity contribution in [1.82, 2.24) is 20.5 Å². The van der Waals surface area contributed by atoms with Crippen LogP contribution in [0.1, 0.15) is 16.7 Å². The highest BCUT2D eigenvalue weighted by molar-refractivity contribution is 5.73. The number of hydrogen-bond acceptors (Lipinski definition) is 5. The van der Waals surface area contributed by atoms with E-state index in [1.54, 1.807) is 12.1 Å². The lowest BCUT2D eigenvalue weighted by molar-refractivity contribution is -0.154. The molecule has 3 rings (SSSR count). The minimum atomic E-state index is -4.46. The van der Waals surface area contributed by atoms with Crippen molar-refractivity contribution in [1.29, 1.82) is 0 Å². The molecule has 1 aromatic heterocycles. The molecule has 0 saturated carbocycles. The average Bonchev–Trinajstić information content (AvgIpc) is 2.76. The van der Waals surface area contributed by atoms with Gasteiger partial charge in [-0.1, -0.05) is 30.3 Å². The highest BCUT2D eigenvalue weighted by atomic mass is 19.4. The van der Waals surface area contributed by atoms with E-state index in [0.29, 0.717) is 12.1 Å². The number of carbonyl (C=O) groups excluding carboxylic acids is 1. The Morgan fingerprint density at radius 2 is 1.84 bits per heavy atom. The van der Waals surface area contributed by atoms with E-state index < -0.39 is 18.8 Å². The molecule has 2 N–H and O–H groups in total. The van der Waals surface area contributed by atoms with E-state index in [9.17, 15) is 18.0 Å². The third-order valence-electron chi connectivity index (χ3n) is 4.62. The topological polar surface area (TPSA) is 75.7 Å². The smallest absolute Gasteiger partial charge is 0.422 e. The van der Waals surface area contributed by atoms with Crippen LogP contribution in [0.4, 0.5) is 18.0 Å². The molecule has 0 spiro atoms. The summed E-state index contributed by atoms with van der Waals surface area (Å²) < 4.78 is 47.2. The van der Waals surface area contributed by atoms with Crippen LogP contribution in [0.5, 0.6) is 5.88 Å². The molecule has 2 aromatic rings. The Labute approximate surface area is 178 Å². The van der Waals surface area contributed by atoms with Crippen LogP contribution in [0, 0.1) is 0 Å². The van der Waals surface area contributed by atoms with Gasteiger partial charge in [-0.05, 0) is 17.2 Å².